The molecule has 1 aliphatic carbocycles. The zero-order chi connectivity index (χ0) is 17.1. The fraction of sp³-hybridized carbons (Fsp3) is 0.111. The SMILES string of the molecule is C[C@@]1(c2ccc3c(c2)C(=O)c2ccccc2C3=O)NC(=O)OC1=O. The van der Waals surface area contributed by atoms with Gasteiger partial charge in [-0.2, -0.15) is 0 Å². The number of amides is 1. The Labute approximate surface area is 136 Å². The standard InChI is InChI=1S/C18H11NO5/c1-18(16(22)24-17(23)19-18)9-6-7-12-13(8-9)15(21)11-5-3-2-4-10(11)14(12)20/h2-8H,1H3,(H,19,23)/t18-/m0/s1. The van der Waals surface area contributed by atoms with Gasteiger partial charge in [0.05, 0.1) is 0 Å². The Morgan fingerprint density at radius 2 is 1.42 bits per heavy atom. The predicted molar refractivity (Wildman–Crippen MR) is 81.7 cm³/mol. The Balaban J connectivity index is 1.88. The Hall–Kier alpha value is -3.28. The van der Waals surface area contributed by atoms with Crippen molar-refractivity contribution in [3.8, 4) is 0 Å². The smallest absolute Gasteiger partial charge is 0.374 e. The Morgan fingerprint density at radius 1 is 0.833 bits per heavy atom. The van der Waals surface area contributed by atoms with Crippen LogP contribution in [0, 0.1) is 0 Å². The van der Waals surface area contributed by atoms with E-state index in [1.165, 1.54) is 19.1 Å². The minimum Gasteiger partial charge on any atom is -0.374 e. The normalized spacial score (nSPS) is 21.9. The highest BCUT2D eigenvalue weighted by Gasteiger charge is 2.46. The monoisotopic (exact) mass is 321 g/mol. The van der Waals surface area contributed by atoms with Gasteiger partial charge >= 0.3 is 12.1 Å². The summed E-state index contributed by atoms with van der Waals surface area (Å²) in [6.45, 7) is 1.49. The molecule has 1 aliphatic heterocycles. The van der Waals surface area contributed by atoms with E-state index < -0.39 is 17.6 Å². The molecule has 2 aromatic rings. The first-order valence-corrected chi connectivity index (χ1v) is 7.29. The average Bonchev–Trinajstić information content (AvgIpc) is 2.85. The first-order valence-electron chi connectivity index (χ1n) is 7.29. The van der Waals surface area contributed by atoms with Crippen LogP contribution in [0.3, 0.4) is 0 Å². The van der Waals surface area contributed by atoms with Crippen LogP contribution in [0.5, 0.6) is 0 Å². The Bertz CT molecular complexity index is 962. The number of carbonyl (C=O) groups is 4. The third-order valence-electron chi connectivity index (χ3n) is 4.45. The molecule has 1 atom stereocenters. The zero-order valence-corrected chi connectivity index (χ0v) is 12.6. The number of hydrogen-bond acceptors (Lipinski definition) is 5. The molecule has 6 nitrogen and oxygen atoms in total. The molecular formula is C18H11NO5. The van der Waals surface area contributed by atoms with Crippen LogP contribution in [0.4, 0.5) is 4.79 Å². The Kier molecular flexibility index (Phi) is 2.75. The summed E-state index contributed by atoms with van der Waals surface area (Å²) in [7, 11) is 0. The molecule has 4 rings (SSSR count). The van der Waals surface area contributed by atoms with E-state index in [-0.39, 0.29) is 22.7 Å². The zero-order valence-electron chi connectivity index (χ0n) is 12.6. The molecule has 1 saturated heterocycles. The van der Waals surface area contributed by atoms with Gasteiger partial charge in [0.1, 0.15) is 0 Å². The predicted octanol–water partition coefficient (Wildman–Crippen LogP) is 1.94. The highest BCUT2D eigenvalue weighted by atomic mass is 16.6. The number of nitrogens with one attached hydrogen (secondary N) is 1. The van der Waals surface area contributed by atoms with Gasteiger partial charge in [-0.05, 0) is 24.6 Å². The number of alkyl carbamates (subject to hydrolysis) is 1. The van der Waals surface area contributed by atoms with Crippen molar-refractivity contribution in [1.29, 1.82) is 0 Å². The van der Waals surface area contributed by atoms with Crippen LogP contribution >= 0.6 is 0 Å². The van der Waals surface area contributed by atoms with Gasteiger partial charge in [-0.3, -0.25) is 9.59 Å². The maximum absolute atomic E-state index is 12.7. The van der Waals surface area contributed by atoms with E-state index in [1.807, 2.05) is 0 Å². The second-order valence-corrected chi connectivity index (χ2v) is 5.89. The van der Waals surface area contributed by atoms with Crippen LogP contribution in [-0.2, 0) is 15.1 Å². The summed E-state index contributed by atoms with van der Waals surface area (Å²) in [5, 5.41) is 2.44. The van der Waals surface area contributed by atoms with Crippen molar-refractivity contribution in [2.45, 2.75) is 12.5 Å². The third-order valence-corrected chi connectivity index (χ3v) is 4.45. The summed E-state index contributed by atoms with van der Waals surface area (Å²) < 4.78 is 4.54. The number of ether oxygens (including phenoxy) is 1. The number of benzene rings is 2. The highest BCUT2D eigenvalue weighted by molar-refractivity contribution is 6.28. The van der Waals surface area contributed by atoms with Gasteiger partial charge in [0.15, 0.2) is 17.1 Å². The summed E-state index contributed by atoms with van der Waals surface area (Å²) in [6, 6.07) is 11.1. The molecule has 6 heteroatoms. The van der Waals surface area contributed by atoms with Crippen LogP contribution in [-0.4, -0.2) is 23.6 Å². The van der Waals surface area contributed by atoms with Crippen molar-refractivity contribution in [2.75, 3.05) is 0 Å². The molecule has 2 aliphatic rings. The summed E-state index contributed by atoms with van der Waals surface area (Å²) in [5.74, 6) is -1.28. The molecule has 0 unspecified atom stereocenters. The molecule has 0 bridgehead atoms. The Morgan fingerprint density at radius 3 is 2.00 bits per heavy atom. The number of hydrogen-bond donors (Lipinski definition) is 1. The van der Waals surface area contributed by atoms with Crippen molar-refractivity contribution < 1.29 is 23.9 Å². The van der Waals surface area contributed by atoms with Crippen LogP contribution in [0.2, 0.25) is 0 Å². The van der Waals surface area contributed by atoms with Crippen LogP contribution in [0.1, 0.15) is 44.3 Å². The number of ketones is 2. The quantitative estimate of drug-likeness (QED) is 0.546. The first kappa shape index (κ1) is 14.3. The fourth-order valence-electron chi connectivity index (χ4n) is 3.07. The second-order valence-electron chi connectivity index (χ2n) is 5.89. The van der Waals surface area contributed by atoms with Crippen molar-refractivity contribution in [3.63, 3.8) is 0 Å². The molecule has 0 spiro atoms. The van der Waals surface area contributed by atoms with Crippen LogP contribution in [0.25, 0.3) is 0 Å². The highest BCUT2D eigenvalue weighted by Crippen LogP contribution is 2.33. The number of esters is 1. The minimum atomic E-state index is -1.38. The number of rotatable bonds is 1. The van der Waals surface area contributed by atoms with E-state index in [9.17, 15) is 19.2 Å². The number of carbonyl (C=O) groups excluding carboxylic acids is 4. The van der Waals surface area contributed by atoms with E-state index in [0.29, 0.717) is 16.7 Å². The molecular weight excluding hydrogens is 310 g/mol. The summed E-state index contributed by atoms with van der Waals surface area (Å²) in [6.07, 6.45) is -0.840. The molecule has 118 valence electrons. The van der Waals surface area contributed by atoms with Gasteiger partial charge in [0, 0.05) is 22.3 Å². The molecule has 1 amide bonds. The van der Waals surface area contributed by atoms with Gasteiger partial charge in [0.25, 0.3) is 0 Å². The maximum Gasteiger partial charge on any atom is 0.416 e. The minimum absolute atomic E-state index is 0.214. The van der Waals surface area contributed by atoms with E-state index >= 15 is 0 Å². The molecule has 1 fully saturated rings. The van der Waals surface area contributed by atoms with Crippen molar-refractivity contribution in [3.05, 3.63) is 70.3 Å². The van der Waals surface area contributed by atoms with E-state index in [0.717, 1.165) is 0 Å². The summed E-state index contributed by atoms with van der Waals surface area (Å²) in [4.78, 5) is 48.6. The van der Waals surface area contributed by atoms with Crippen molar-refractivity contribution >= 4 is 23.6 Å². The number of cyclic esters (lactones) is 2. The molecule has 1 heterocycles. The fourth-order valence-corrected chi connectivity index (χ4v) is 3.07. The lowest BCUT2D eigenvalue weighted by molar-refractivity contribution is -0.139. The van der Waals surface area contributed by atoms with Crippen LogP contribution < -0.4 is 5.32 Å². The molecule has 0 saturated carbocycles. The summed E-state index contributed by atoms with van der Waals surface area (Å²) in [5.41, 5.74) is 0.192. The molecule has 2 aromatic carbocycles. The molecule has 0 radical (unpaired) electrons. The van der Waals surface area contributed by atoms with Gasteiger partial charge in [-0.25, -0.2) is 9.59 Å². The summed E-state index contributed by atoms with van der Waals surface area (Å²) >= 11 is 0. The van der Waals surface area contributed by atoms with Gasteiger partial charge in [0.2, 0.25) is 0 Å². The van der Waals surface area contributed by atoms with E-state index in [4.69, 9.17) is 0 Å². The topological polar surface area (TPSA) is 89.5 Å². The molecule has 24 heavy (non-hydrogen) atoms. The lowest BCUT2D eigenvalue weighted by Crippen LogP contribution is -2.40. The van der Waals surface area contributed by atoms with E-state index in [2.05, 4.69) is 10.1 Å². The van der Waals surface area contributed by atoms with Crippen LogP contribution in [0.15, 0.2) is 42.5 Å². The largest absolute Gasteiger partial charge is 0.416 e. The lowest BCUT2D eigenvalue weighted by atomic mass is 9.81. The molecule has 1 N–H and O–H groups in total. The van der Waals surface area contributed by atoms with Crippen molar-refractivity contribution in [1.82, 2.24) is 5.32 Å². The van der Waals surface area contributed by atoms with Gasteiger partial charge in [-0.1, -0.05) is 30.3 Å². The lowest BCUT2D eigenvalue weighted by Gasteiger charge is -2.23. The second kappa shape index (κ2) is 4.61. The van der Waals surface area contributed by atoms with Gasteiger partial charge in [-0.15, -0.1) is 0 Å². The van der Waals surface area contributed by atoms with Crippen molar-refractivity contribution in [2.24, 2.45) is 0 Å². The third kappa shape index (κ3) is 1.76. The van der Waals surface area contributed by atoms with Gasteiger partial charge < -0.3 is 10.1 Å². The first-order chi connectivity index (χ1) is 11.4. The average molecular weight is 321 g/mol. The molecule has 0 aromatic heterocycles. The van der Waals surface area contributed by atoms with E-state index in [1.54, 1.807) is 30.3 Å². The maximum atomic E-state index is 12.7. The number of fused-ring (bicyclic) bond motifs is 2.